The first-order chi connectivity index (χ1) is 12.6. The van der Waals surface area contributed by atoms with Crippen LogP contribution in [-0.2, 0) is 5.41 Å². The lowest BCUT2D eigenvalue weighted by atomic mass is 9.72. The number of benzene rings is 2. The third-order valence-corrected chi connectivity index (χ3v) is 6.42. The van der Waals surface area contributed by atoms with E-state index in [1.165, 1.54) is 16.6 Å². The number of anilines is 1. The van der Waals surface area contributed by atoms with Crippen molar-refractivity contribution in [3.05, 3.63) is 72.1 Å². The van der Waals surface area contributed by atoms with Gasteiger partial charge in [-0.15, -0.1) is 0 Å². The molecule has 0 saturated heterocycles. The number of aromatic nitrogens is 1. The van der Waals surface area contributed by atoms with E-state index in [9.17, 15) is 0 Å². The molecule has 1 spiro atoms. The SMILES string of the molecule is CCC1(C)c2ccccc2N(C)C12C=Cc1c(ccc3cnccc13)O2. The highest BCUT2D eigenvalue weighted by Crippen LogP contribution is 2.56. The van der Waals surface area contributed by atoms with Crippen molar-refractivity contribution in [3.63, 3.8) is 0 Å². The van der Waals surface area contributed by atoms with E-state index in [1.807, 2.05) is 12.4 Å². The summed E-state index contributed by atoms with van der Waals surface area (Å²) in [4.78, 5) is 6.53. The van der Waals surface area contributed by atoms with Crippen LogP contribution < -0.4 is 9.64 Å². The van der Waals surface area contributed by atoms with Crippen LogP contribution in [0.1, 0.15) is 31.4 Å². The molecule has 130 valence electrons. The summed E-state index contributed by atoms with van der Waals surface area (Å²) in [6, 6.07) is 14.9. The van der Waals surface area contributed by atoms with Crippen molar-refractivity contribution in [1.29, 1.82) is 0 Å². The highest BCUT2D eigenvalue weighted by molar-refractivity contribution is 5.93. The van der Waals surface area contributed by atoms with Gasteiger partial charge in [-0.1, -0.05) is 25.1 Å². The normalized spacial score (nSPS) is 26.0. The third-order valence-electron chi connectivity index (χ3n) is 6.42. The Morgan fingerprint density at radius 3 is 2.81 bits per heavy atom. The molecule has 26 heavy (non-hydrogen) atoms. The van der Waals surface area contributed by atoms with Crippen molar-refractivity contribution in [2.24, 2.45) is 0 Å². The highest BCUT2D eigenvalue weighted by Gasteiger charge is 2.59. The summed E-state index contributed by atoms with van der Waals surface area (Å²) in [5.74, 6) is 0.936. The van der Waals surface area contributed by atoms with Gasteiger partial charge >= 0.3 is 0 Å². The van der Waals surface area contributed by atoms with Gasteiger partial charge in [0.25, 0.3) is 0 Å². The predicted molar refractivity (Wildman–Crippen MR) is 107 cm³/mol. The number of ether oxygens (including phenoxy) is 1. The number of hydrogen-bond acceptors (Lipinski definition) is 3. The van der Waals surface area contributed by atoms with Gasteiger partial charge in [0.1, 0.15) is 5.75 Å². The molecule has 5 rings (SSSR count). The standard InChI is InChI=1S/C23H22N2O/c1-4-22(2)19-7-5-6-8-20(19)25(3)23(22)13-11-18-17-12-14-24-15-16(17)9-10-21(18)26-23/h5-15H,4H2,1-3H3. The minimum atomic E-state index is -0.515. The third kappa shape index (κ3) is 1.70. The highest BCUT2D eigenvalue weighted by atomic mass is 16.5. The Morgan fingerprint density at radius 2 is 1.96 bits per heavy atom. The van der Waals surface area contributed by atoms with E-state index in [4.69, 9.17) is 4.74 Å². The first kappa shape index (κ1) is 15.4. The molecule has 0 amide bonds. The van der Waals surface area contributed by atoms with Gasteiger partial charge in [0, 0.05) is 36.1 Å². The molecule has 0 aliphatic carbocycles. The second-order valence-corrected chi connectivity index (χ2v) is 7.47. The van der Waals surface area contributed by atoms with Crippen molar-refractivity contribution in [1.82, 2.24) is 4.98 Å². The maximum Gasteiger partial charge on any atom is 0.212 e. The van der Waals surface area contributed by atoms with Crippen LogP contribution in [0.15, 0.2) is 60.9 Å². The Bertz CT molecular complexity index is 1060. The van der Waals surface area contributed by atoms with Gasteiger partial charge in [-0.25, -0.2) is 0 Å². The summed E-state index contributed by atoms with van der Waals surface area (Å²) < 4.78 is 6.81. The topological polar surface area (TPSA) is 25.4 Å². The zero-order valence-corrected chi connectivity index (χ0v) is 15.4. The molecule has 3 heterocycles. The number of rotatable bonds is 1. The van der Waals surface area contributed by atoms with Gasteiger partial charge < -0.3 is 9.64 Å². The van der Waals surface area contributed by atoms with E-state index >= 15 is 0 Å². The van der Waals surface area contributed by atoms with Gasteiger partial charge in [-0.2, -0.15) is 0 Å². The van der Waals surface area contributed by atoms with E-state index < -0.39 is 5.72 Å². The molecule has 0 saturated carbocycles. The smallest absolute Gasteiger partial charge is 0.212 e. The first-order valence-corrected chi connectivity index (χ1v) is 9.19. The van der Waals surface area contributed by atoms with Crippen LogP contribution in [0, 0.1) is 0 Å². The zero-order valence-electron chi connectivity index (χ0n) is 15.4. The molecule has 2 aromatic carbocycles. The second kappa shape index (κ2) is 5.10. The summed E-state index contributed by atoms with van der Waals surface area (Å²) in [6.07, 6.45) is 9.22. The molecule has 2 unspecified atom stereocenters. The van der Waals surface area contributed by atoms with Crippen LogP contribution in [0.4, 0.5) is 5.69 Å². The average Bonchev–Trinajstić information content (AvgIpc) is 2.88. The number of hydrogen-bond donors (Lipinski definition) is 0. The first-order valence-electron chi connectivity index (χ1n) is 9.19. The molecule has 0 fully saturated rings. The lowest BCUT2D eigenvalue weighted by molar-refractivity contribution is 0.0470. The van der Waals surface area contributed by atoms with Gasteiger partial charge in [-0.3, -0.25) is 4.98 Å². The summed E-state index contributed by atoms with van der Waals surface area (Å²) in [7, 11) is 2.14. The van der Waals surface area contributed by atoms with E-state index in [1.54, 1.807) is 0 Å². The van der Waals surface area contributed by atoms with Crippen molar-refractivity contribution in [2.45, 2.75) is 31.4 Å². The van der Waals surface area contributed by atoms with Gasteiger partial charge in [0.05, 0.1) is 5.41 Å². The number of likely N-dealkylation sites (N-methyl/N-ethyl adjacent to an activating group) is 1. The molecular weight excluding hydrogens is 320 g/mol. The molecule has 3 heteroatoms. The Kier molecular flexibility index (Phi) is 3.03. The van der Waals surface area contributed by atoms with Crippen LogP contribution in [0.25, 0.3) is 16.8 Å². The van der Waals surface area contributed by atoms with Gasteiger partial charge in [0.15, 0.2) is 0 Å². The minimum Gasteiger partial charge on any atom is -0.463 e. The molecule has 0 N–H and O–H groups in total. The molecule has 1 aromatic heterocycles. The largest absolute Gasteiger partial charge is 0.463 e. The van der Waals surface area contributed by atoms with Crippen molar-refractivity contribution in [3.8, 4) is 5.75 Å². The molecule has 0 radical (unpaired) electrons. The maximum absolute atomic E-state index is 6.81. The Labute approximate surface area is 153 Å². The number of nitrogens with zero attached hydrogens (tertiary/aromatic N) is 2. The fourth-order valence-electron chi connectivity index (χ4n) is 4.73. The summed E-state index contributed by atoms with van der Waals surface area (Å²) in [5, 5.41) is 2.32. The summed E-state index contributed by atoms with van der Waals surface area (Å²) in [5.41, 5.74) is 3.09. The molecular formula is C23H22N2O. The van der Waals surface area contributed by atoms with E-state index in [0.29, 0.717) is 0 Å². The Balaban J connectivity index is 1.73. The van der Waals surface area contributed by atoms with Crippen molar-refractivity contribution >= 4 is 22.5 Å². The zero-order chi connectivity index (χ0) is 17.9. The molecule has 0 bridgehead atoms. The van der Waals surface area contributed by atoms with Crippen LogP contribution in [0.2, 0.25) is 0 Å². The number of fused-ring (bicyclic) bond motifs is 4. The average molecular weight is 342 g/mol. The maximum atomic E-state index is 6.81. The molecule has 3 aromatic rings. The van der Waals surface area contributed by atoms with E-state index in [-0.39, 0.29) is 5.41 Å². The summed E-state index contributed by atoms with van der Waals surface area (Å²) in [6.45, 7) is 4.56. The molecule has 3 nitrogen and oxygen atoms in total. The van der Waals surface area contributed by atoms with Gasteiger partial charge in [0.2, 0.25) is 5.72 Å². The monoisotopic (exact) mass is 342 g/mol. The van der Waals surface area contributed by atoms with Crippen LogP contribution in [-0.4, -0.2) is 17.8 Å². The Morgan fingerprint density at radius 1 is 1.12 bits per heavy atom. The lowest BCUT2D eigenvalue weighted by Crippen LogP contribution is -2.59. The van der Waals surface area contributed by atoms with E-state index in [0.717, 1.165) is 23.1 Å². The number of pyridine rings is 1. The van der Waals surface area contributed by atoms with Crippen molar-refractivity contribution in [2.75, 3.05) is 11.9 Å². The fourth-order valence-corrected chi connectivity index (χ4v) is 4.73. The molecule has 2 aliphatic rings. The molecule has 2 aliphatic heterocycles. The molecule has 2 atom stereocenters. The second-order valence-electron chi connectivity index (χ2n) is 7.47. The lowest BCUT2D eigenvalue weighted by Gasteiger charge is -2.47. The number of para-hydroxylation sites is 1. The van der Waals surface area contributed by atoms with E-state index in [2.05, 4.69) is 85.4 Å². The fraction of sp³-hybridized carbons (Fsp3) is 0.261. The van der Waals surface area contributed by atoms with Crippen LogP contribution >= 0.6 is 0 Å². The van der Waals surface area contributed by atoms with Crippen molar-refractivity contribution < 1.29 is 4.74 Å². The van der Waals surface area contributed by atoms with Gasteiger partial charge in [-0.05, 0) is 60.7 Å². The predicted octanol–water partition coefficient (Wildman–Crippen LogP) is 5.15. The minimum absolute atomic E-state index is 0.125. The quantitative estimate of drug-likeness (QED) is 0.611. The van der Waals surface area contributed by atoms with Crippen LogP contribution in [0.3, 0.4) is 0 Å². The summed E-state index contributed by atoms with van der Waals surface area (Å²) >= 11 is 0. The van der Waals surface area contributed by atoms with Crippen LogP contribution in [0.5, 0.6) is 5.75 Å². The Hall–Kier alpha value is -2.81.